The van der Waals surface area contributed by atoms with Crippen LogP contribution in [-0.4, -0.2) is 57.7 Å². The topological polar surface area (TPSA) is 94.0 Å². The van der Waals surface area contributed by atoms with Crippen molar-refractivity contribution in [2.24, 2.45) is 0 Å². The standard InChI is InChI=1S/C20H25ClN6O2S/c1-13(2)30-20-25-17(22-8-10-29-3)16-12-24-27(18(16)26-20)9-7-23-19(28)14-5-4-6-15(21)11-14/h4-6,11-13H,7-10H2,1-3H3,(H,23,28)(H,22,25,26). The SMILES string of the molecule is COCCNc1nc(SC(C)C)nc2c1cnn2CCNC(=O)c1cccc(Cl)c1. The molecule has 0 fully saturated rings. The number of carbonyl (C=O) groups excluding carboxylic acids is 1. The van der Waals surface area contributed by atoms with Crippen LogP contribution >= 0.6 is 23.4 Å². The number of nitrogens with one attached hydrogen (secondary N) is 2. The fourth-order valence-electron chi connectivity index (χ4n) is 2.78. The molecule has 2 N–H and O–H groups in total. The highest BCUT2D eigenvalue weighted by Crippen LogP contribution is 2.26. The van der Waals surface area contributed by atoms with Gasteiger partial charge in [-0.3, -0.25) is 4.79 Å². The van der Waals surface area contributed by atoms with Crippen molar-refractivity contribution in [2.45, 2.75) is 30.8 Å². The molecule has 0 spiro atoms. The molecule has 160 valence electrons. The number of anilines is 1. The van der Waals surface area contributed by atoms with Crippen LogP contribution in [0.15, 0.2) is 35.6 Å². The molecule has 0 aliphatic rings. The van der Waals surface area contributed by atoms with Crippen molar-refractivity contribution in [3.05, 3.63) is 41.0 Å². The van der Waals surface area contributed by atoms with Crippen LogP contribution in [0, 0.1) is 0 Å². The second-order valence-electron chi connectivity index (χ2n) is 6.81. The minimum atomic E-state index is -0.179. The Balaban J connectivity index is 1.74. The number of ether oxygens (including phenoxy) is 1. The van der Waals surface area contributed by atoms with Gasteiger partial charge < -0.3 is 15.4 Å². The van der Waals surface area contributed by atoms with Crippen LogP contribution in [0.5, 0.6) is 0 Å². The molecule has 0 unspecified atom stereocenters. The number of carbonyl (C=O) groups is 1. The third kappa shape index (κ3) is 5.84. The number of aromatic nitrogens is 4. The van der Waals surface area contributed by atoms with Gasteiger partial charge >= 0.3 is 0 Å². The van der Waals surface area contributed by atoms with Gasteiger partial charge in [0.2, 0.25) is 0 Å². The molecule has 0 aliphatic carbocycles. The molecule has 1 amide bonds. The largest absolute Gasteiger partial charge is 0.383 e. The monoisotopic (exact) mass is 448 g/mol. The fraction of sp³-hybridized carbons (Fsp3) is 0.400. The van der Waals surface area contributed by atoms with Crippen molar-refractivity contribution >= 4 is 46.1 Å². The Morgan fingerprint density at radius 3 is 2.87 bits per heavy atom. The maximum absolute atomic E-state index is 12.3. The second-order valence-corrected chi connectivity index (χ2v) is 8.79. The van der Waals surface area contributed by atoms with E-state index >= 15 is 0 Å². The number of rotatable bonds is 10. The van der Waals surface area contributed by atoms with Gasteiger partial charge in [0.25, 0.3) is 5.91 Å². The molecule has 0 saturated heterocycles. The van der Waals surface area contributed by atoms with E-state index in [1.165, 1.54) is 0 Å². The Morgan fingerprint density at radius 2 is 2.13 bits per heavy atom. The summed E-state index contributed by atoms with van der Waals surface area (Å²) in [5.41, 5.74) is 1.25. The molecule has 30 heavy (non-hydrogen) atoms. The van der Waals surface area contributed by atoms with Gasteiger partial charge in [0.1, 0.15) is 5.82 Å². The van der Waals surface area contributed by atoms with E-state index in [0.29, 0.717) is 47.2 Å². The lowest BCUT2D eigenvalue weighted by molar-refractivity contribution is 0.0952. The van der Waals surface area contributed by atoms with Crippen molar-refractivity contribution < 1.29 is 9.53 Å². The van der Waals surface area contributed by atoms with Crippen LogP contribution in [0.25, 0.3) is 11.0 Å². The van der Waals surface area contributed by atoms with E-state index in [9.17, 15) is 4.79 Å². The Kier molecular flexibility index (Phi) is 7.89. The minimum absolute atomic E-state index is 0.179. The summed E-state index contributed by atoms with van der Waals surface area (Å²) in [6, 6.07) is 6.85. The lowest BCUT2D eigenvalue weighted by atomic mass is 10.2. The van der Waals surface area contributed by atoms with Crippen molar-refractivity contribution in [1.29, 1.82) is 0 Å². The molecule has 0 aliphatic heterocycles. The van der Waals surface area contributed by atoms with Crippen LogP contribution in [0.1, 0.15) is 24.2 Å². The van der Waals surface area contributed by atoms with Gasteiger partial charge in [0.15, 0.2) is 10.8 Å². The molecular formula is C20H25ClN6O2S. The number of hydrogen-bond donors (Lipinski definition) is 2. The second kappa shape index (κ2) is 10.6. The van der Waals surface area contributed by atoms with Gasteiger partial charge in [-0.15, -0.1) is 0 Å². The van der Waals surface area contributed by atoms with E-state index in [1.54, 1.807) is 54.0 Å². The molecule has 3 aromatic rings. The van der Waals surface area contributed by atoms with Crippen LogP contribution in [-0.2, 0) is 11.3 Å². The number of hydrogen-bond acceptors (Lipinski definition) is 7. The Bertz CT molecular complexity index is 1010. The summed E-state index contributed by atoms with van der Waals surface area (Å²) in [6.07, 6.45) is 1.74. The van der Waals surface area contributed by atoms with Gasteiger partial charge in [0.05, 0.1) is 24.7 Å². The number of thioether (sulfide) groups is 1. The molecule has 0 atom stereocenters. The van der Waals surface area contributed by atoms with Gasteiger partial charge in [-0.05, 0) is 18.2 Å². The molecule has 0 saturated carbocycles. The summed E-state index contributed by atoms with van der Waals surface area (Å²) in [5.74, 6) is 0.552. The maximum atomic E-state index is 12.3. The number of nitrogens with zero attached hydrogens (tertiary/aromatic N) is 4. The van der Waals surface area contributed by atoms with Crippen LogP contribution in [0.2, 0.25) is 5.02 Å². The average Bonchev–Trinajstić information content (AvgIpc) is 3.10. The third-order valence-corrected chi connectivity index (χ3v) is 5.21. The highest BCUT2D eigenvalue weighted by atomic mass is 35.5. The van der Waals surface area contributed by atoms with Crippen LogP contribution < -0.4 is 10.6 Å². The highest BCUT2D eigenvalue weighted by molar-refractivity contribution is 7.99. The maximum Gasteiger partial charge on any atom is 0.251 e. The molecule has 10 heteroatoms. The normalized spacial score (nSPS) is 11.2. The predicted molar refractivity (Wildman–Crippen MR) is 120 cm³/mol. The fourth-order valence-corrected chi connectivity index (χ4v) is 3.67. The molecule has 3 rings (SSSR count). The van der Waals surface area contributed by atoms with E-state index < -0.39 is 0 Å². The smallest absolute Gasteiger partial charge is 0.251 e. The van der Waals surface area contributed by atoms with Crippen molar-refractivity contribution in [3.63, 3.8) is 0 Å². The summed E-state index contributed by atoms with van der Waals surface area (Å²) >= 11 is 7.55. The zero-order valence-corrected chi connectivity index (χ0v) is 18.8. The molecular weight excluding hydrogens is 424 g/mol. The molecule has 1 aromatic carbocycles. The number of benzene rings is 1. The van der Waals surface area contributed by atoms with Gasteiger partial charge in [0, 0.05) is 36.0 Å². The Morgan fingerprint density at radius 1 is 1.30 bits per heavy atom. The van der Waals surface area contributed by atoms with Gasteiger partial charge in [-0.25, -0.2) is 14.6 Å². The molecule has 8 nitrogen and oxygen atoms in total. The molecule has 2 heterocycles. The third-order valence-electron chi connectivity index (χ3n) is 4.11. The number of halogens is 1. The zero-order valence-electron chi connectivity index (χ0n) is 17.2. The average molecular weight is 449 g/mol. The quantitative estimate of drug-likeness (QED) is 0.278. The number of fused-ring (bicyclic) bond motifs is 1. The van der Waals surface area contributed by atoms with Crippen LogP contribution in [0.4, 0.5) is 5.82 Å². The first-order valence-corrected chi connectivity index (χ1v) is 10.9. The zero-order chi connectivity index (χ0) is 21.5. The van der Waals surface area contributed by atoms with Crippen molar-refractivity contribution in [2.75, 3.05) is 32.1 Å². The summed E-state index contributed by atoms with van der Waals surface area (Å²) < 4.78 is 6.89. The van der Waals surface area contributed by atoms with E-state index in [-0.39, 0.29) is 5.91 Å². The highest BCUT2D eigenvalue weighted by Gasteiger charge is 2.14. The van der Waals surface area contributed by atoms with Gasteiger partial charge in [-0.1, -0.05) is 43.3 Å². The minimum Gasteiger partial charge on any atom is -0.383 e. The first-order chi connectivity index (χ1) is 14.5. The molecule has 2 aromatic heterocycles. The van der Waals surface area contributed by atoms with Crippen molar-refractivity contribution in [3.8, 4) is 0 Å². The van der Waals surface area contributed by atoms with Crippen molar-refractivity contribution in [1.82, 2.24) is 25.1 Å². The lowest BCUT2D eigenvalue weighted by Gasteiger charge is -2.11. The number of amides is 1. The predicted octanol–water partition coefficient (Wildman–Crippen LogP) is 3.47. The van der Waals surface area contributed by atoms with E-state index in [4.69, 9.17) is 16.3 Å². The van der Waals surface area contributed by atoms with E-state index in [2.05, 4.69) is 39.5 Å². The first kappa shape index (κ1) is 22.3. The summed E-state index contributed by atoms with van der Waals surface area (Å²) in [5, 5.41) is 13.0. The van der Waals surface area contributed by atoms with E-state index in [1.807, 2.05) is 0 Å². The Labute approximate surface area is 184 Å². The number of methoxy groups -OCH3 is 1. The summed E-state index contributed by atoms with van der Waals surface area (Å²) in [6.45, 7) is 6.29. The molecule has 0 bridgehead atoms. The van der Waals surface area contributed by atoms with E-state index in [0.717, 1.165) is 16.9 Å². The van der Waals surface area contributed by atoms with Gasteiger partial charge in [-0.2, -0.15) is 5.10 Å². The Hall–Kier alpha value is -2.36. The van der Waals surface area contributed by atoms with Crippen LogP contribution in [0.3, 0.4) is 0 Å². The summed E-state index contributed by atoms with van der Waals surface area (Å²) in [7, 11) is 1.66. The summed E-state index contributed by atoms with van der Waals surface area (Å²) in [4.78, 5) is 21.6. The lowest BCUT2D eigenvalue weighted by Crippen LogP contribution is -2.27. The first-order valence-electron chi connectivity index (χ1n) is 9.64. The molecule has 0 radical (unpaired) electrons.